The lowest BCUT2D eigenvalue weighted by Gasteiger charge is -2.21. The Morgan fingerprint density at radius 2 is 2.00 bits per heavy atom. The Morgan fingerprint density at radius 3 is 2.73 bits per heavy atom. The van der Waals surface area contributed by atoms with Crippen molar-refractivity contribution >= 4 is 39.7 Å². The Bertz CT molecular complexity index is 1170. The topological polar surface area (TPSA) is 67.2 Å². The minimum atomic E-state index is -0.290. The number of anilines is 2. The van der Waals surface area contributed by atoms with Gasteiger partial charge in [0.25, 0.3) is 5.91 Å². The number of hydrogen-bond acceptors (Lipinski definition) is 5. The molecule has 0 aliphatic rings. The maximum atomic E-state index is 12.6. The van der Waals surface area contributed by atoms with Gasteiger partial charge in [-0.05, 0) is 67.4 Å². The molecule has 0 fully saturated rings. The number of aromatic nitrogens is 1. The van der Waals surface area contributed by atoms with Crippen molar-refractivity contribution < 1.29 is 9.21 Å². The van der Waals surface area contributed by atoms with Gasteiger partial charge in [0.15, 0.2) is 5.76 Å². The zero-order chi connectivity index (χ0) is 21.1. The summed E-state index contributed by atoms with van der Waals surface area (Å²) < 4.78 is 5.23. The van der Waals surface area contributed by atoms with Gasteiger partial charge in [0.05, 0.1) is 12.3 Å². The molecule has 0 aliphatic heterocycles. The van der Waals surface area contributed by atoms with Crippen LogP contribution < -0.4 is 10.6 Å². The first-order chi connectivity index (χ1) is 14.5. The molecule has 4 rings (SSSR count). The van der Waals surface area contributed by atoms with Gasteiger partial charge in [-0.2, -0.15) is 0 Å². The van der Waals surface area contributed by atoms with Crippen LogP contribution in [-0.4, -0.2) is 10.9 Å². The molecule has 2 N–H and O–H groups in total. The van der Waals surface area contributed by atoms with E-state index in [1.165, 1.54) is 17.6 Å². The van der Waals surface area contributed by atoms with Crippen molar-refractivity contribution in [1.82, 2.24) is 4.98 Å². The van der Waals surface area contributed by atoms with E-state index in [1.54, 1.807) is 18.3 Å². The number of benzene rings is 1. The highest BCUT2D eigenvalue weighted by molar-refractivity contribution is 7.16. The van der Waals surface area contributed by atoms with Gasteiger partial charge in [0, 0.05) is 21.7 Å². The van der Waals surface area contributed by atoms with Crippen LogP contribution in [0.15, 0.2) is 71.5 Å². The Kier molecular flexibility index (Phi) is 5.88. The van der Waals surface area contributed by atoms with Crippen molar-refractivity contribution in [2.75, 3.05) is 10.6 Å². The first-order valence-corrected chi connectivity index (χ1v) is 10.6. The number of aryl methyl sites for hydroxylation is 2. The Balaban J connectivity index is 1.74. The van der Waals surface area contributed by atoms with Crippen molar-refractivity contribution in [2.24, 2.45) is 0 Å². The van der Waals surface area contributed by atoms with Crippen LogP contribution in [0, 0.1) is 13.8 Å². The molecule has 30 heavy (non-hydrogen) atoms. The van der Waals surface area contributed by atoms with Gasteiger partial charge < -0.3 is 15.1 Å². The third kappa shape index (κ3) is 4.56. The number of rotatable bonds is 6. The number of carbonyl (C=O) groups is 1. The molecule has 3 heterocycles. The largest absolute Gasteiger partial charge is 0.459 e. The van der Waals surface area contributed by atoms with Crippen molar-refractivity contribution in [1.29, 1.82) is 0 Å². The van der Waals surface area contributed by atoms with Crippen LogP contribution in [0.1, 0.15) is 38.2 Å². The van der Waals surface area contributed by atoms with Gasteiger partial charge in [-0.3, -0.25) is 4.79 Å². The fourth-order valence-electron chi connectivity index (χ4n) is 3.21. The van der Waals surface area contributed by atoms with Gasteiger partial charge >= 0.3 is 0 Å². The number of hydrogen-bond donors (Lipinski definition) is 2. The number of nitrogens with one attached hydrogen (secondary N) is 2. The highest BCUT2D eigenvalue weighted by atomic mass is 35.5. The average molecular weight is 438 g/mol. The molecule has 1 atom stereocenters. The summed E-state index contributed by atoms with van der Waals surface area (Å²) in [7, 11) is 0. The zero-order valence-corrected chi connectivity index (χ0v) is 18.1. The monoisotopic (exact) mass is 437 g/mol. The molecular formula is C23H20ClN3O2S. The lowest BCUT2D eigenvalue weighted by molar-refractivity contribution is 0.0997. The second-order valence-electron chi connectivity index (χ2n) is 6.92. The van der Waals surface area contributed by atoms with Gasteiger partial charge in [-0.25, -0.2) is 4.98 Å². The van der Waals surface area contributed by atoms with E-state index in [0.29, 0.717) is 5.02 Å². The molecule has 5 nitrogen and oxygen atoms in total. The fourth-order valence-corrected chi connectivity index (χ4v) is 4.35. The number of furan rings is 1. The number of pyridine rings is 1. The first-order valence-electron chi connectivity index (χ1n) is 9.39. The number of thiophene rings is 1. The van der Waals surface area contributed by atoms with E-state index in [2.05, 4.69) is 21.7 Å². The highest BCUT2D eigenvalue weighted by Crippen LogP contribution is 2.38. The number of nitrogens with zero attached hydrogens (tertiary/aromatic N) is 1. The molecular weight excluding hydrogens is 418 g/mol. The van der Waals surface area contributed by atoms with E-state index >= 15 is 0 Å². The van der Waals surface area contributed by atoms with E-state index in [1.807, 2.05) is 50.2 Å². The molecule has 0 saturated heterocycles. The zero-order valence-electron chi connectivity index (χ0n) is 16.5. The molecule has 0 aliphatic carbocycles. The third-order valence-corrected chi connectivity index (χ3v) is 5.77. The number of halogens is 1. The molecule has 1 aromatic carbocycles. The third-order valence-electron chi connectivity index (χ3n) is 4.56. The van der Waals surface area contributed by atoms with Crippen LogP contribution in [0.25, 0.3) is 0 Å². The summed E-state index contributed by atoms with van der Waals surface area (Å²) in [6.45, 7) is 4.03. The second-order valence-corrected chi connectivity index (χ2v) is 8.62. The summed E-state index contributed by atoms with van der Waals surface area (Å²) in [5.74, 6) is 0.716. The van der Waals surface area contributed by atoms with Gasteiger partial charge in [0.2, 0.25) is 0 Å². The molecule has 0 unspecified atom stereocenters. The lowest BCUT2D eigenvalue weighted by Crippen LogP contribution is -2.17. The fraction of sp³-hybridized carbons (Fsp3) is 0.130. The maximum absolute atomic E-state index is 12.6. The summed E-state index contributed by atoms with van der Waals surface area (Å²) >= 11 is 7.79. The Morgan fingerprint density at radius 1 is 1.13 bits per heavy atom. The normalized spacial score (nSPS) is 11.8. The summed E-state index contributed by atoms with van der Waals surface area (Å²) in [6, 6.07) is 16.7. The molecule has 1 amide bonds. The minimum Gasteiger partial charge on any atom is -0.459 e. The Labute approximate surface area is 183 Å². The molecule has 0 spiro atoms. The van der Waals surface area contributed by atoms with Crippen molar-refractivity contribution in [2.45, 2.75) is 19.9 Å². The van der Waals surface area contributed by atoms with Gasteiger partial charge in [-0.15, -0.1) is 11.3 Å². The first kappa shape index (κ1) is 20.2. The van der Waals surface area contributed by atoms with Crippen LogP contribution in [0.4, 0.5) is 10.8 Å². The molecule has 152 valence electrons. The van der Waals surface area contributed by atoms with E-state index in [-0.39, 0.29) is 17.7 Å². The quantitative estimate of drug-likeness (QED) is 0.363. The summed E-state index contributed by atoms with van der Waals surface area (Å²) in [5, 5.41) is 7.88. The van der Waals surface area contributed by atoms with E-state index < -0.39 is 0 Å². The minimum absolute atomic E-state index is 0.255. The number of amides is 1. The van der Waals surface area contributed by atoms with Crippen molar-refractivity contribution in [3.63, 3.8) is 0 Å². The molecule has 3 aromatic heterocycles. The van der Waals surface area contributed by atoms with Gasteiger partial charge in [-0.1, -0.05) is 23.7 Å². The predicted octanol–water partition coefficient (Wildman–Crippen LogP) is 6.46. The van der Waals surface area contributed by atoms with E-state index in [9.17, 15) is 4.79 Å². The molecule has 0 radical (unpaired) electrons. The highest BCUT2D eigenvalue weighted by Gasteiger charge is 2.23. The summed E-state index contributed by atoms with van der Waals surface area (Å²) in [4.78, 5) is 18.1. The standard InChI is InChI=1S/C23H20ClN3O2S/c1-14-8-9-25-20(11-14)26-21(16-5-3-6-17(24)13-16)18-12-15(2)30-23(18)27-22(28)19-7-4-10-29-19/h3-13,21H,1-2H3,(H,25,26)(H,27,28)/t21-/m0/s1. The number of carbonyl (C=O) groups excluding carboxylic acids is 1. The van der Waals surface area contributed by atoms with Crippen LogP contribution >= 0.6 is 22.9 Å². The van der Waals surface area contributed by atoms with Crippen LogP contribution in [0.5, 0.6) is 0 Å². The van der Waals surface area contributed by atoms with Gasteiger partial charge in [0.1, 0.15) is 10.8 Å². The maximum Gasteiger partial charge on any atom is 0.291 e. The smallest absolute Gasteiger partial charge is 0.291 e. The van der Waals surface area contributed by atoms with E-state index in [0.717, 1.165) is 32.4 Å². The van der Waals surface area contributed by atoms with Crippen molar-refractivity contribution in [3.05, 3.63) is 99.4 Å². The Hall–Kier alpha value is -3.09. The van der Waals surface area contributed by atoms with E-state index in [4.69, 9.17) is 16.0 Å². The van der Waals surface area contributed by atoms with Crippen molar-refractivity contribution in [3.8, 4) is 0 Å². The SMILES string of the molecule is Cc1ccnc(N[C@@H](c2cccc(Cl)c2)c2cc(C)sc2NC(=O)c2ccco2)c1. The van der Waals surface area contributed by atoms with Crippen LogP contribution in [0.3, 0.4) is 0 Å². The molecule has 0 bridgehead atoms. The predicted molar refractivity (Wildman–Crippen MR) is 122 cm³/mol. The van der Waals surface area contributed by atoms with Crippen LogP contribution in [-0.2, 0) is 0 Å². The van der Waals surface area contributed by atoms with Crippen LogP contribution in [0.2, 0.25) is 5.02 Å². The summed E-state index contributed by atoms with van der Waals surface area (Å²) in [6.07, 6.45) is 3.25. The molecule has 7 heteroatoms. The molecule has 0 saturated carbocycles. The summed E-state index contributed by atoms with van der Waals surface area (Å²) in [5.41, 5.74) is 3.00. The lowest BCUT2D eigenvalue weighted by atomic mass is 10.00. The average Bonchev–Trinajstić information content (AvgIpc) is 3.36. The second kappa shape index (κ2) is 8.73. The molecule has 4 aromatic rings.